The van der Waals surface area contributed by atoms with E-state index < -0.39 is 0 Å². The topological polar surface area (TPSA) is 54.7 Å². The maximum atomic E-state index is 10.1. The first-order valence-electron chi connectivity index (χ1n) is 10.9. The van der Waals surface area contributed by atoms with Crippen LogP contribution in [0.5, 0.6) is 17.4 Å². The number of thioether (sulfide) groups is 1. The van der Waals surface area contributed by atoms with Gasteiger partial charge < -0.3 is 14.8 Å². The van der Waals surface area contributed by atoms with Gasteiger partial charge in [-0.15, -0.1) is 35.5 Å². The van der Waals surface area contributed by atoms with E-state index in [0.29, 0.717) is 28.4 Å². The van der Waals surface area contributed by atoms with Gasteiger partial charge in [-0.3, -0.25) is 0 Å². The molecule has 4 nitrogen and oxygen atoms in total. The van der Waals surface area contributed by atoms with Gasteiger partial charge in [-0.2, -0.15) is 0 Å². The third-order valence-electron chi connectivity index (χ3n) is 6.07. The minimum absolute atomic E-state index is 0. The molecule has 2 aliphatic rings. The van der Waals surface area contributed by atoms with E-state index in [1.165, 1.54) is 17.5 Å². The van der Waals surface area contributed by atoms with E-state index in [1.807, 2.05) is 42.1 Å². The molecule has 6 rings (SSSR count). The van der Waals surface area contributed by atoms with Crippen molar-refractivity contribution in [3.05, 3.63) is 95.6 Å². The van der Waals surface area contributed by atoms with E-state index in [1.54, 1.807) is 18.2 Å². The number of aliphatic imine (C=N–C) groups is 1. The molecule has 2 atom stereocenters. The van der Waals surface area contributed by atoms with Crippen LogP contribution in [0.25, 0.3) is 10.9 Å². The van der Waals surface area contributed by atoms with Crippen LogP contribution in [-0.4, -0.2) is 21.2 Å². The molecule has 1 aliphatic heterocycles. The summed E-state index contributed by atoms with van der Waals surface area (Å²) in [4.78, 5) is 9.55. The number of hydrogen-bond donors (Lipinski definition) is 1. The average Bonchev–Trinajstić information content (AvgIpc) is 3.16. The average molecular weight is 633 g/mol. The largest absolute Gasteiger partial charge is 0.506 e. The smallest absolute Gasteiger partial charge is 0.217 e. The number of hydrogen-bond acceptors (Lipinski definition) is 5. The quantitative estimate of drug-likeness (QED) is 0.263. The fraction of sp³-hybridized carbons (Fsp3) is 0.185. The van der Waals surface area contributed by atoms with E-state index in [-0.39, 0.29) is 26.8 Å². The number of nitrogens with zero attached hydrogens (tertiary/aromatic N) is 2. The molecule has 6 heteroatoms. The first-order chi connectivity index (χ1) is 15.7. The van der Waals surface area contributed by atoms with Gasteiger partial charge in [0.05, 0.1) is 6.04 Å². The Morgan fingerprint density at radius 2 is 1.85 bits per heavy atom. The second kappa shape index (κ2) is 9.32. The Morgan fingerprint density at radius 3 is 2.79 bits per heavy atom. The Kier molecular flexibility index (Phi) is 6.27. The number of fused-ring (bicyclic) bond motifs is 4. The van der Waals surface area contributed by atoms with Crippen molar-refractivity contribution in [2.45, 2.75) is 30.6 Å². The number of aromatic hydroxyl groups is 1. The molecule has 0 radical (unpaired) electrons. The predicted molar refractivity (Wildman–Crippen MR) is 129 cm³/mol. The summed E-state index contributed by atoms with van der Waals surface area (Å²) in [7, 11) is 0. The molecule has 0 amide bonds. The van der Waals surface area contributed by atoms with Crippen LogP contribution in [0, 0.1) is 6.07 Å². The Hall–Kier alpha value is -2.62. The molecule has 2 heterocycles. The van der Waals surface area contributed by atoms with E-state index in [2.05, 4.69) is 35.3 Å². The van der Waals surface area contributed by atoms with Crippen molar-refractivity contribution in [3.8, 4) is 17.4 Å². The van der Waals surface area contributed by atoms with Gasteiger partial charge in [0.2, 0.25) is 5.88 Å². The predicted octanol–water partition coefficient (Wildman–Crippen LogP) is 6.47. The third kappa shape index (κ3) is 4.32. The van der Waals surface area contributed by atoms with Crippen LogP contribution >= 0.6 is 11.8 Å². The molecular formula is C27H21N2O2PtS-. The minimum atomic E-state index is 0. The SMILES string of the molecule is Oc1cccc2ccc(Oc3[c-]c(C4=N[C@H]5CCCc6ccccc6[C@H]5S4)ccc3)nc12.[Pt]. The van der Waals surface area contributed by atoms with Gasteiger partial charge in [-0.1, -0.05) is 42.5 Å². The van der Waals surface area contributed by atoms with Gasteiger partial charge in [0.1, 0.15) is 11.3 Å². The molecule has 0 saturated heterocycles. The molecule has 0 unspecified atom stereocenters. The summed E-state index contributed by atoms with van der Waals surface area (Å²) in [6.07, 6.45) is 3.41. The number of para-hydroxylation sites is 1. The van der Waals surface area contributed by atoms with Crippen LogP contribution in [-0.2, 0) is 27.5 Å². The van der Waals surface area contributed by atoms with Crippen LogP contribution < -0.4 is 4.74 Å². The molecule has 1 aromatic heterocycles. The number of phenolic OH excluding ortho intramolecular Hbond substituents is 1. The molecule has 1 aliphatic carbocycles. The first kappa shape index (κ1) is 22.2. The standard InChI is InChI=1S/C27H21N2O2S.Pt/c30-23-13-5-8-18-14-15-24(29-25(18)23)31-20-10-3-9-19(16-20)27-28-22-12-4-7-17-6-1-2-11-21(17)26(22)32-27;/h1-3,5-6,8-11,13-15,22,26,30H,4,7,12H2;/q-1;/t22-,26+;/m0./s1. The Balaban J connectivity index is 0.00000228. The summed E-state index contributed by atoms with van der Waals surface area (Å²) in [6.45, 7) is 0. The molecule has 4 aromatic rings. The molecule has 3 aromatic carbocycles. The summed E-state index contributed by atoms with van der Waals surface area (Å²) >= 11 is 1.84. The molecule has 0 spiro atoms. The summed E-state index contributed by atoms with van der Waals surface area (Å²) in [5.41, 5.74) is 4.35. The molecule has 168 valence electrons. The number of pyridine rings is 1. The van der Waals surface area contributed by atoms with Crippen LogP contribution in [0.1, 0.15) is 34.8 Å². The fourth-order valence-corrected chi connectivity index (χ4v) is 5.92. The van der Waals surface area contributed by atoms with Gasteiger partial charge in [0.25, 0.3) is 0 Å². The van der Waals surface area contributed by atoms with Crippen LogP contribution in [0.3, 0.4) is 0 Å². The molecule has 1 N–H and O–H groups in total. The van der Waals surface area contributed by atoms with Crippen molar-refractivity contribution >= 4 is 27.7 Å². The van der Waals surface area contributed by atoms with Gasteiger partial charge in [0, 0.05) is 48.6 Å². The normalized spacial score (nSPS) is 19.1. The number of ether oxygens (including phenoxy) is 1. The van der Waals surface area contributed by atoms with Crippen molar-refractivity contribution in [2.75, 3.05) is 0 Å². The van der Waals surface area contributed by atoms with Gasteiger partial charge in [-0.05, 0) is 42.5 Å². The van der Waals surface area contributed by atoms with Gasteiger partial charge in [0.15, 0.2) is 0 Å². The van der Waals surface area contributed by atoms with Crippen molar-refractivity contribution in [3.63, 3.8) is 0 Å². The van der Waals surface area contributed by atoms with Gasteiger partial charge in [-0.25, -0.2) is 4.98 Å². The molecule has 0 saturated carbocycles. The number of rotatable bonds is 3. The number of aromatic nitrogens is 1. The monoisotopic (exact) mass is 632 g/mol. The summed E-state index contributed by atoms with van der Waals surface area (Å²) in [6, 6.07) is 27.4. The summed E-state index contributed by atoms with van der Waals surface area (Å²) in [5, 5.41) is 12.3. The van der Waals surface area contributed by atoms with E-state index in [0.717, 1.165) is 28.8 Å². The number of phenols is 1. The zero-order valence-corrected chi connectivity index (χ0v) is 20.8. The second-order valence-corrected chi connectivity index (χ2v) is 9.29. The van der Waals surface area contributed by atoms with Crippen LogP contribution in [0.2, 0.25) is 0 Å². The van der Waals surface area contributed by atoms with E-state index >= 15 is 0 Å². The van der Waals surface area contributed by atoms with Crippen LogP contribution in [0.15, 0.2) is 77.8 Å². The van der Waals surface area contributed by atoms with Crippen molar-refractivity contribution in [1.82, 2.24) is 4.98 Å². The Labute approximate surface area is 211 Å². The molecule has 0 bridgehead atoms. The molecule has 33 heavy (non-hydrogen) atoms. The van der Waals surface area contributed by atoms with Crippen molar-refractivity contribution < 1.29 is 30.9 Å². The minimum Gasteiger partial charge on any atom is -0.506 e. The van der Waals surface area contributed by atoms with E-state index in [4.69, 9.17) is 9.73 Å². The zero-order valence-electron chi connectivity index (χ0n) is 17.7. The maximum absolute atomic E-state index is 10.1. The Bertz CT molecular complexity index is 1360. The first-order valence-corrected chi connectivity index (χ1v) is 11.7. The van der Waals surface area contributed by atoms with Crippen molar-refractivity contribution in [2.24, 2.45) is 4.99 Å². The Morgan fingerprint density at radius 1 is 0.970 bits per heavy atom. The second-order valence-electron chi connectivity index (χ2n) is 8.16. The summed E-state index contributed by atoms with van der Waals surface area (Å²) < 4.78 is 5.99. The number of aryl methyl sites for hydroxylation is 1. The fourth-order valence-electron chi connectivity index (χ4n) is 4.52. The van der Waals surface area contributed by atoms with Gasteiger partial charge >= 0.3 is 0 Å². The molecule has 0 fully saturated rings. The third-order valence-corrected chi connectivity index (χ3v) is 7.44. The maximum Gasteiger partial charge on any atom is 0.217 e. The van der Waals surface area contributed by atoms with E-state index in [9.17, 15) is 5.11 Å². The van der Waals surface area contributed by atoms with Crippen LogP contribution in [0.4, 0.5) is 0 Å². The molecular weight excluding hydrogens is 611 g/mol. The summed E-state index contributed by atoms with van der Waals surface area (Å²) in [5.74, 6) is 1.15. The van der Waals surface area contributed by atoms with Crippen molar-refractivity contribution in [1.29, 1.82) is 0 Å². The number of benzene rings is 3. The zero-order chi connectivity index (χ0) is 21.5.